The molecule has 1 unspecified atom stereocenters. The van der Waals surface area contributed by atoms with Crippen LogP contribution in [-0.4, -0.2) is 19.0 Å². The Morgan fingerprint density at radius 2 is 1.95 bits per heavy atom. The van der Waals surface area contributed by atoms with Gasteiger partial charge in [0.1, 0.15) is 0 Å². The lowest BCUT2D eigenvalue weighted by molar-refractivity contribution is -0.132. The van der Waals surface area contributed by atoms with E-state index in [-0.39, 0.29) is 17.4 Å². The first-order valence-electron chi connectivity index (χ1n) is 7.10. The second-order valence-electron chi connectivity index (χ2n) is 5.86. The normalized spacial score (nSPS) is 19.7. The van der Waals surface area contributed by atoms with E-state index >= 15 is 0 Å². The molecule has 2 rings (SSSR count). The van der Waals surface area contributed by atoms with E-state index in [1.807, 2.05) is 12.1 Å². The van der Waals surface area contributed by atoms with Gasteiger partial charge in [0, 0.05) is 5.41 Å². The summed E-state index contributed by atoms with van der Waals surface area (Å²) in [6, 6.07) is 8.30. The number of piperidine rings is 1. The standard InChI is InChI=1S/C16H24N2O/c1-12-6-4-5-7-14(12)13(2)18-15(19)16(3)8-10-17-11-9-16/h4-7,13,17H,8-11H2,1-3H3,(H,18,19). The fourth-order valence-electron chi connectivity index (χ4n) is 2.73. The Kier molecular flexibility index (Phi) is 4.25. The molecule has 1 fully saturated rings. The summed E-state index contributed by atoms with van der Waals surface area (Å²) in [7, 11) is 0. The van der Waals surface area contributed by atoms with Crippen molar-refractivity contribution in [2.24, 2.45) is 5.41 Å². The van der Waals surface area contributed by atoms with Gasteiger partial charge in [0.25, 0.3) is 0 Å². The Morgan fingerprint density at radius 3 is 2.58 bits per heavy atom. The maximum Gasteiger partial charge on any atom is 0.226 e. The van der Waals surface area contributed by atoms with Crippen LogP contribution in [-0.2, 0) is 4.79 Å². The smallest absolute Gasteiger partial charge is 0.226 e. The molecule has 0 spiro atoms. The first-order valence-corrected chi connectivity index (χ1v) is 7.10. The highest BCUT2D eigenvalue weighted by molar-refractivity contribution is 5.82. The minimum atomic E-state index is -0.220. The molecule has 0 aromatic heterocycles. The summed E-state index contributed by atoms with van der Waals surface area (Å²) in [4.78, 5) is 12.5. The van der Waals surface area contributed by atoms with Gasteiger partial charge in [-0.2, -0.15) is 0 Å². The molecule has 2 N–H and O–H groups in total. The van der Waals surface area contributed by atoms with Crippen molar-refractivity contribution >= 4 is 5.91 Å². The molecule has 19 heavy (non-hydrogen) atoms. The second-order valence-corrected chi connectivity index (χ2v) is 5.86. The molecule has 1 aliphatic heterocycles. The van der Waals surface area contributed by atoms with Crippen LogP contribution >= 0.6 is 0 Å². The quantitative estimate of drug-likeness (QED) is 0.877. The Bertz CT molecular complexity index is 450. The van der Waals surface area contributed by atoms with Crippen molar-refractivity contribution in [1.82, 2.24) is 10.6 Å². The van der Waals surface area contributed by atoms with E-state index in [1.165, 1.54) is 11.1 Å². The highest BCUT2D eigenvalue weighted by atomic mass is 16.2. The molecule has 104 valence electrons. The molecule has 0 bridgehead atoms. The largest absolute Gasteiger partial charge is 0.349 e. The molecule has 3 heteroatoms. The summed E-state index contributed by atoms with van der Waals surface area (Å²) in [5, 5.41) is 6.49. The molecule has 1 atom stereocenters. The van der Waals surface area contributed by atoms with Gasteiger partial charge in [-0.1, -0.05) is 31.2 Å². The van der Waals surface area contributed by atoms with E-state index in [0.717, 1.165) is 25.9 Å². The van der Waals surface area contributed by atoms with Gasteiger partial charge in [-0.3, -0.25) is 4.79 Å². The van der Waals surface area contributed by atoms with Crippen molar-refractivity contribution < 1.29 is 4.79 Å². The summed E-state index contributed by atoms with van der Waals surface area (Å²) in [6.45, 7) is 8.09. The zero-order valence-electron chi connectivity index (χ0n) is 12.1. The number of carbonyl (C=O) groups is 1. The summed E-state index contributed by atoms with van der Waals surface area (Å²) in [5.74, 6) is 0.185. The van der Waals surface area contributed by atoms with Gasteiger partial charge in [0.05, 0.1) is 6.04 Å². The van der Waals surface area contributed by atoms with Crippen LogP contribution in [0.2, 0.25) is 0 Å². The van der Waals surface area contributed by atoms with E-state index in [9.17, 15) is 4.79 Å². The third-order valence-corrected chi connectivity index (χ3v) is 4.26. The van der Waals surface area contributed by atoms with Crippen LogP contribution in [0.5, 0.6) is 0 Å². The number of aryl methyl sites for hydroxylation is 1. The molecule has 1 heterocycles. The Balaban J connectivity index is 2.04. The lowest BCUT2D eigenvalue weighted by Gasteiger charge is -2.33. The van der Waals surface area contributed by atoms with Crippen molar-refractivity contribution in [3.63, 3.8) is 0 Å². The van der Waals surface area contributed by atoms with E-state index in [0.29, 0.717) is 0 Å². The Morgan fingerprint density at radius 1 is 1.32 bits per heavy atom. The number of rotatable bonds is 3. The zero-order valence-corrected chi connectivity index (χ0v) is 12.1. The minimum absolute atomic E-state index is 0.0698. The number of benzene rings is 1. The van der Waals surface area contributed by atoms with E-state index in [2.05, 4.69) is 43.5 Å². The molecule has 1 aromatic carbocycles. The van der Waals surface area contributed by atoms with Gasteiger partial charge >= 0.3 is 0 Å². The van der Waals surface area contributed by atoms with Gasteiger partial charge in [-0.15, -0.1) is 0 Å². The molecule has 0 radical (unpaired) electrons. The van der Waals surface area contributed by atoms with Crippen LogP contribution in [0.1, 0.15) is 43.9 Å². The van der Waals surface area contributed by atoms with Gasteiger partial charge in [-0.05, 0) is 50.9 Å². The van der Waals surface area contributed by atoms with E-state index < -0.39 is 0 Å². The molecule has 1 aromatic rings. The Labute approximate surface area is 115 Å². The number of hydrogen-bond acceptors (Lipinski definition) is 2. The summed E-state index contributed by atoms with van der Waals surface area (Å²) >= 11 is 0. The average Bonchev–Trinajstić information content (AvgIpc) is 2.40. The van der Waals surface area contributed by atoms with Crippen molar-refractivity contribution in [3.8, 4) is 0 Å². The van der Waals surface area contributed by atoms with Crippen LogP contribution in [0, 0.1) is 12.3 Å². The number of carbonyl (C=O) groups excluding carboxylic acids is 1. The van der Waals surface area contributed by atoms with Gasteiger partial charge in [-0.25, -0.2) is 0 Å². The number of amides is 1. The first kappa shape index (κ1) is 14.1. The highest BCUT2D eigenvalue weighted by Gasteiger charge is 2.35. The molecule has 0 aliphatic carbocycles. The van der Waals surface area contributed by atoms with Crippen molar-refractivity contribution in [2.45, 2.75) is 39.7 Å². The molecule has 3 nitrogen and oxygen atoms in total. The fraction of sp³-hybridized carbons (Fsp3) is 0.562. The summed E-state index contributed by atoms with van der Waals surface area (Å²) in [6.07, 6.45) is 1.83. The molecule has 1 saturated heterocycles. The zero-order chi connectivity index (χ0) is 13.9. The average molecular weight is 260 g/mol. The SMILES string of the molecule is Cc1ccccc1C(C)NC(=O)C1(C)CCNCC1. The summed E-state index contributed by atoms with van der Waals surface area (Å²) < 4.78 is 0. The first-order chi connectivity index (χ1) is 9.03. The van der Waals surface area contributed by atoms with E-state index in [4.69, 9.17) is 0 Å². The monoisotopic (exact) mass is 260 g/mol. The number of hydrogen-bond donors (Lipinski definition) is 2. The minimum Gasteiger partial charge on any atom is -0.349 e. The van der Waals surface area contributed by atoms with Crippen molar-refractivity contribution in [1.29, 1.82) is 0 Å². The Hall–Kier alpha value is -1.35. The second kappa shape index (κ2) is 5.74. The predicted molar refractivity (Wildman–Crippen MR) is 77.9 cm³/mol. The predicted octanol–water partition coefficient (Wildman–Crippen LogP) is 2.56. The third kappa shape index (κ3) is 3.16. The molecule has 1 amide bonds. The third-order valence-electron chi connectivity index (χ3n) is 4.26. The molecular weight excluding hydrogens is 236 g/mol. The van der Waals surface area contributed by atoms with Crippen LogP contribution in [0.25, 0.3) is 0 Å². The maximum atomic E-state index is 12.5. The molecule has 1 aliphatic rings. The van der Waals surface area contributed by atoms with Gasteiger partial charge in [0.2, 0.25) is 5.91 Å². The van der Waals surface area contributed by atoms with Crippen LogP contribution in [0.4, 0.5) is 0 Å². The van der Waals surface area contributed by atoms with Crippen molar-refractivity contribution in [2.75, 3.05) is 13.1 Å². The van der Waals surface area contributed by atoms with Crippen LogP contribution < -0.4 is 10.6 Å². The highest BCUT2D eigenvalue weighted by Crippen LogP contribution is 2.29. The van der Waals surface area contributed by atoms with Gasteiger partial charge in [0.15, 0.2) is 0 Å². The lowest BCUT2D eigenvalue weighted by atomic mass is 9.80. The topological polar surface area (TPSA) is 41.1 Å². The fourth-order valence-corrected chi connectivity index (χ4v) is 2.73. The molecule has 0 saturated carbocycles. The van der Waals surface area contributed by atoms with Crippen molar-refractivity contribution in [3.05, 3.63) is 35.4 Å². The molecular formula is C16H24N2O. The van der Waals surface area contributed by atoms with E-state index in [1.54, 1.807) is 0 Å². The van der Waals surface area contributed by atoms with Gasteiger partial charge < -0.3 is 10.6 Å². The summed E-state index contributed by atoms with van der Waals surface area (Å²) in [5.41, 5.74) is 2.21. The van der Waals surface area contributed by atoms with Crippen LogP contribution in [0.3, 0.4) is 0 Å². The number of nitrogens with one attached hydrogen (secondary N) is 2. The van der Waals surface area contributed by atoms with Crippen LogP contribution in [0.15, 0.2) is 24.3 Å². The maximum absolute atomic E-state index is 12.5. The lowest BCUT2D eigenvalue weighted by Crippen LogP contribution is -2.46.